The van der Waals surface area contributed by atoms with Crippen LogP contribution < -0.4 is 11.1 Å². The first-order valence-corrected chi connectivity index (χ1v) is 10.3. The minimum atomic E-state index is -4.64. The molecule has 0 spiro atoms. The van der Waals surface area contributed by atoms with Crippen molar-refractivity contribution >= 4 is 34.1 Å². The molecule has 1 unspecified atom stereocenters. The van der Waals surface area contributed by atoms with Crippen LogP contribution in [0.2, 0.25) is 0 Å². The van der Waals surface area contributed by atoms with Crippen LogP contribution in [0.1, 0.15) is 75.6 Å². The second kappa shape index (κ2) is 8.33. The van der Waals surface area contributed by atoms with Crippen LogP contribution in [0.3, 0.4) is 0 Å². The molecule has 1 saturated carbocycles. The molecule has 3 N–H and O–H groups in total. The van der Waals surface area contributed by atoms with Crippen molar-refractivity contribution in [1.82, 2.24) is 9.78 Å². The summed E-state index contributed by atoms with van der Waals surface area (Å²) >= 11 is 0.805. The monoisotopic (exact) mass is 458 g/mol. The smallest absolute Gasteiger partial charge is 0.435 e. The molecule has 2 aromatic heterocycles. The van der Waals surface area contributed by atoms with E-state index < -0.39 is 35.7 Å². The van der Waals surface area contributed by atoms with Crippen molar-refractivity contribution in [3.8, 4) is 0 Å². The summed E-state index contributed by atoms with van der Waals surface area (Å²) in [6.07, 6.45) is -3.20. The lowest BCUT2D eigenvalue weighted by atomic mass is 10.1. The van der Waals surface area contributed by atoms with Gasteiger partial charge < -0.3 is 15.8 Å². The van der Waals surface area contributed by atoms with E-state index in [1.54, 1.807) is 6.92 Å². The molecule has 1 atom stereocenters. The van der Waals surface area contributed by atoms with Crippen molar-refractivity contribution in [3.05, 3.63) is 33.5 Å². The van der Waals surface area contributed by atoms with E-state index >= 15 is 0 Å². The van der Waals surface area contributed by atoms with Crippen molar-refractivity contribution in [3.63, 3.8) is 0 Å². The lowest BCUT2D eigenvalue weighted by Crippen LogP contribution is -2.26. The first kappa shape index (κ1) is 22.8. The quantitative estimate of drug-likeness (QED) is 0.615. The number of hydrogen-bond donors (Lipinski definition) is 2. The second-order valence-corrected chi connectivity index (χ2v) is 8.20. The van der Waals surface area contributed by atoms with Crippen LogP contribution in [-0.4, -0.2) is 34.2 Å². The summed E-state index contributed by atoms with van der Waals surface area (Å²) in [5, 5.41) is 6.18. The van der Waals surface area contributed by atoms with Gasteiger partial charge in [-0.3, -0.25) is 14.3 Å². The van der Waals surface area contributed by atoms with Gasteiger partial charge in [0.25, 0.3) is 5.91 Å². The molecule has 1 aliphatic carbocycles. The Labute approximate surface area is 179 Å². The Kier molecular flexibility index (Phi) is 6.12. The minimum Gasteiger partial charge on any atom is -0.462 e. The molecule has 0 saturated heterocycles. The Morgan fingerprint density at radius 1 is 1.39 bits per heavy atom. The predicted molar refractivity (Wildman–Crippen MR) is 106 cm³/mol. The predicted octanol–water partition coefficient (Wildman–Crippen LogP) is 3.62. The highest BCUT2D eigenvalue weighted by molar-refractivity contribution is 7.18. The van der Waals surface area contributed by atoms with Crippen molar-refractivity contribution in [2.24, 2.45) is 5.73 Å². The number of hydrogen-bond acceptors (Lipinski definition) is 6. The molecular weight excluding hydrogens is 437 g/mol. The van der Waals surface area contributed by atoms with Gasteiger partial charge in [-0.15, -0.1) is 11.3 Å². The van der Waals surface area contributed by atoms with E-state index in [1.165, 1.54) is 13.8 Å². The zero-order valence-corrected chi connectivity index (χ0v) is 17.8. The maximum atomic E-state index is 13.1. The van der Waals surface area contributed by atoms with E-state index in [4.69, 9.17) is 10.5 Å². The largest absolute Gasteiger partial charge is 0.462 e. The molecule has 2 amide bonds. The van der Waals surface area contributed by atoms with Crippen LogP contribution in [-0.2, 0) is 15.7 Å². The van der Waals surface area contributed by atoms with Crippen LogP contribution in [0.15, 0.2) is 6.07 Å². The van der Waals surface area contributed by atoms with Crippen LogP contribution in [0.5, 0.6) is 0 Å². The lowest BCUT2D eigenvalue weighted by Gasteiger charge is -2.16. The van der Waals surface area contributed by atoms with Crippen molar-refractivity contribution in [1.29, 1.82) is 0 Å². The fourth-order valence-electron chi connectivity index (χ4n) is 3.15. The number of nitrogens with two attached hydrogens (primary N) is 1. The van der Waals surface area contributed by atoms with Gasteiger partial charge in [-0.05, 0) is 45.2 Å². The van der Waals surface area contributed by atoms with Gasteiger partial charge in [0, 0.05) is 11.6 Å². The molecule has 2 aromatic rings. The zero-order valence-electron chi connectivity index (χ0n) is 17.0. The standard InChI is InChI=1S/C19H21F3N4O4S/c1-4-30-18(29)13-8(2)14(15(23)27)31-17(13)24-16(28)9(3)26-11(10-5-6-10)7-12(25-26)19(20,21)22/h7,9-10H,4-6H2,1-3H3,(H2,23,27)(H,24,28). The highest BCUT2D eigenvalue weighted by atomic mass is 32.1. The molecule has 8 nitrogen and oxygen atoms in total. The number of carbonyl (C=O) groups excluding carboxylic acids is 3. The van der Waals surface area contributed by atoms with E-state index in [9.17, 15) is 27.6 Å². The van der Waals surface area contributed by atoms with Crippen LogP contribution in [0.4, 0.5) is 18.2 Å². The summed E-state index contributed by atoms with van der Waals surface area (Å²) in [6.45, 7) is 4.58. The highest BCUT2D eigenvalue weighted by Crippen LogP contribution is 2.43. The molecule has 3 rings (SSSR count). The number of aromatic nitrogens is 2. The number of anilines is 1. The Bertz CT molecular complexity index is 1040. The molecule has 1 aliphatic rings. The zero-order chi connectivity index (χ0) is 23.1. The number of primary amides is 1. The fraction of sp³-hybridized carbons (Fsp3) is 0.474. The number of halogens is 3. The van der Waals surface area contributed by atoms with Gasteiger partial charge in [-0.2, -0.15) is 18.3 Å². The Balaban J connectivity index is 1.93. The topological polar surface area (TPSA) is 116 Å². The maximum Gasteiger partial charge on any atom is 0.435 e. The molecule has 0 bridgehead atoms. The fourth-order valence-corrected chi connectivity index (χ4v) is 4.20. The van der Waals surface area contributed by atoms with Gasteiger partial charge in [0.15, 0.2) is 5.69 Å². The molecule has 0 aliphatic heterocycles. The van der Waals surface area contributed by atoms with Gasteiger partial charge in [-0.1, -0.05) is 0 Å². The van der Waals surface area contributed by atoms with E-state index in [0.717, 1.165) is 34.9 Å². The third-order valence-corrected chi connectivity index (χ3v) is 6.11. The molecule has 2 heterocycles. The number of nitrogens with one attached hydrogen (secondary N) is 1. The average molecular weight is 458 g/mol. The van der Waals surface area contributed by atoms with Crippen molar-refractivity contribution in [2.75, 3.05) is 11.9 Å². The molecule has 12 heteroatoms. The number of rotatable bonds is 7. The van der Waals surface area contributed by atoms with Gasteiger partial charge in [0.2, 0.25) is 5.91 Å². The number of carbonyl (C=O) groups is 3. The maximum absolute atomic E-state index is 13.1. The molecular formula is C19H21F3N4O4S. The number of amides is 2. The molecule has 1 fully saturated rings. The van der Waals surface area contributed by atoms with Gasteiger partial charge in [0.05, 0.1) is 17.0 Å². The molecule has 31 heavy (non-hydrogen) atoms. The number of esters is 1. The molecule has 0 radical (unpaired) electrons. The number of thiophene rings is 1. The van der Waals surface area contributed by atoms with Crippen LogP contribution in [0, 0.1) is 6.92 Å². The summed E-state index contributed by atoms with van der Waals surface area (Å²) in [4.78, 5) is 37.0. The molecule has 0 aromatic carbocycles. The Hall–Kier alpha value is -2.89. The van der Waals surface area contributed by atoms with Crippen LogP contribution >= 0.6 is 11.3 Å². The third kappa shape index (κ3) is 4.58. The van der Waals surface area contributed by atoms with Crippen molar-refractivity contribution < 1.29 is 32.3 Å². The van der Waals surface area contributed by atoms with Gasteiger partial charge in [-0.25, -0.2) is 4.79 Å². The van der Waals surface area contributed by atoms with E-state index in [2.05, 4.69) is 10.4 Å². The summed E-state index contributed by atoms with van der Waals surface area (Å²) in [7, 11) is 0. The lowest BCUT2D eigenvalue weighted by molar-refractivity contribution is -0.141. The van der Waals surface area contributed by atoms with E-state index in [-0.39, 0.29) is 33.5 Å². The third-order valence-electron chi connectivity index (χ3n) is 4.88. The SMILES string of the molecule is CCOC(=O)c1c(NC(=O)C(C)n2nc(C(F)(F)F)cc2C2CC2)sc(C(N)=O)c1C. The van der Waals surface area contributed by atoms with E-state index in [1.807, 2.05) is 0 Å². The van der Waals surface area contributed by atoms with Gasteiger partial charge >= 0.3 is 12.1 Å². The Morgan fingerprint density at radius 2 is 2.03 bits per heavy atom. The Morgan fingerprint density at radius 3 is 2.55 bits per heavy atom. The molecule has 168 valence electrons. The first-order chi connectivity index (χ1) is 14.5. The van der Waals surface area contributed by atoms with Crippen molar-refractivity contribution in [2.45, 2.75) is 51.7 Å². The minimum absolute atomic E-state index is 0.0138. The summed E-state index contributed by atoms with van der Waals surface area (Å²) in [5.41, 5.74) is 4.86. The number of nitrogens with zero attached hydrogens (tertiary/aromatic N) is 2. The number of alkyl halides is 3. The number of ether oxygens (including phenoxy) is 1. The summed E-state index contributed by atoms with van der Waals surface area (Å²) in [6, 6.07) is -0.132. The average Bonchev–Trinajstić information content (AvgIpc) is 3.32. The highest BCUT2D eigenvalue weighted by Gasteiger charge is 2.39. The second-order valence-electron chi connectivity index (χ2n) is 7.18. The van der Waals surface area contributed by atoms with Gasteiger partial charge in [0.1, 0.15) is 11.0 Å². The summed E-state index contributed by atoms with van der Waals surface area (Å²) in [5.74, 6) is -2.30. The van der Waals surface area contributed by atoms with Crippen LogP contribution in [0.25, 0.3) is 0 Å². The summed E-state index contributed by atoms with van der Waals surface area (Å²) < 4.78 is 45.5. The first-order valence-electron chi connectivity index (χ1n) is 9.53. The normalized spacial score (nSPS) is 14.9. The van der Waals surface area contributed by atoms with E-state index in [0.29, 0.717) is 5.69 Å².